The van der Waals surface area contributed by atoms with Crippen LogP contribution in [-0.4, -0.2) is 49.5 Å². The Morgan fingerprint density at radius 1 is 0.875 bits per heavy atom. The number of anilines is 1. The summed E-state index contributed by atoms with van der Waals surface area (Å²) in [4.78, 5) is 29.9. The number of hydrogen-bond donors (Lipinski definition) is 1. The molecule has 3 aromatic carbocycles. The molecule has 2 amide bonds. The second-order valence-corrected chi connectivity index (χ2v) is 17.9. The number of amides is 2. The molecule has 4 aliphatic carbocycles. The third kappa shape index (κ3) is 7.76. The van der Waals surface area contributed by atoms with Crippen LogP contribution in [0.2, 0.25) is 5.02 Å². The lowest BCUT2D eigenvalue weighted by Gasteiger charge is -2.57. The fourth-order valence-electron chi connectivity index (χ4n) is 8.88. The summed E-state index contributed by atoms with van der Waals surface area (Å²) >= 11 is 6.58. The monoisotopic (exact) mass is 689 g/mol. The van der Waals surface area contributed by atoms with Gasteiger partial charge in [0.25, 0.3) is 0 Å². The van der Waals surface area contributed by atoms with Crippen LogP contribution in [0, 0.1) is 17.8 Å². The number of nitrogens with one attached hydrogen (secondary N) is 1. The van der Waals surface area contributed by atoms with Crippen molar-refractivity contribution in [2.45, 2.75) is 89.3 Å². The molecule has 0 aromatic heterocycles. The Hall–Kier alpha value is -3.36. The lowest BCUT2D eigenvalue weighted by Crippen LogP contribution is -2.56. The van der Waals surface area contributed by atoms with E-state index in [1.165, 1.54) is 53.3 Å². The summed E-state index contributed by atoms with van der Waals surface area (Å²) in [5.74, 6) is 1.58. The fraction of sp³-hybridized carbons (Fsp3) is 0.487. The van der Waals surface area contributed by atoms with Crippen LogP contribution < -0.4 is 9.62 Å². The largest absolute Gasteiger partial charge is 0.350 e. The zero-order valence-corrected chi connectivity index (χ0v) is 30.1. The standard InChI is InChI=1S/C39H48ClN3O4S/c1-38(2,3)41-37(45)35(21-27-10-6-5-7-11-27)42(25-31-12-8-9-13-34(31)40)36(44)26-43(48(4,46)47)33-16-14-32(15-17-33)39-22-28-18-29(23-39)20-30(19-28)24-39/h5-17,28-30,35H,18-26H2,1-4H3,(H,41,45). The Balaban J connectivity index is 1.32. The third-order valence-electron chi connectivity index (χ3n) is 10.6. The lowest BCUT2D eigenvalue weighted by molar-refractivity contribution is -0.140. The molecule has 7 nitrogen and oxygen atoms in total. The van der Waals surface area contributed by atoms with Crippen LogP contribution in [0.15, 0.2) is 78.9 Å². The van der Waals surface area contributed by atoms with Gasteiger partial charge in [0, 0.05) is 23.5 Å². The highest BCUT2D eigenvalue weighted by atomic mass is 35.5. The fourth-order valence-corrected chi connectivity index (χ4v) is 9.92. The summed E-state index contributed by atoms with van der Waals surface area (Å²) in [6.45, 7) is 5.26. The highest BCUT2D eigenvalue weighted by molar-refractivity contribution is 7.92. The normalized spacial score (nSPS) is 23.8. The molecule has 1 atom stereocenters. The summed E-state index contributed by atoms with van der Waals surface area (Å²) in [5.41, 5.74) is 2.89. The van der Waals surface area contributed by atoms with Crippen molar-refractivity contribution in [3.05, 3.63) is 101 Å². The maximum Gasteiger partial charge on any atom is 0.244 e. The molecule has 48 heavy (non-hydrogen) atoms. The van der Waals surface area contributed by atoms with Gasteiger partial charge in [0.05, 0.1) is 11.9 Å². The number of hydrogen-bond acceptors (Lipinski definition) is 4. The van der Waals surface area contributed by atoms with Crippen molar-refractivity contribution in [1.82, 2.24) is 10.2 Å². The summed E-state index contributed by atoms with van der Waals surface area (Å²) in [5, 5.41) is 3.52. The number of carbonyl (C=O) groups is 2. The molecule has 256 valence electrons. The minimum absolute atomic E-state index is 0.0378. The van der Waals surface area contributed by atoms with E-state index in [2.05, 4.69) is 17.4 Å². The van der Waals surface area contributed by atoms with Gasteiger partial charge in [-0.3, -0.25) is 13.9 Å². The Labute approximate surface area is 291 Å². The smallest absolute Gasteiger partial charge is 0.244 e. The topological polar surface area (TPSA) is 86.8 Å². The third-order valence-corrected chi connectivity index (χ3v) is 12.1. The molecule has 1 unspecified atom stereocenters. The van der Waals surface area contributed by atoms with Crippen molar-refractivity contribution in [1.29, 1.82) is 0 Å². The first-order valence-corrected chi connectivity index (χ1v) is 19.4. The minimum Gasteiger partial charge on any atom is -0.350 e. The van der Waals surface area contributed by atoms with Crippen LogP contribution in [0.3, 0.4) is 0 Å². The van der Waals surface area contributed by atoms with Crippen molar-refractivity contribution in [2.75, 3.05) is 17.1 Å². The van der Waals surface area contributed by atoms with Crippen LogP contribution in [0.25, 0.3) is 0 Å². The van der Waals surface area contributed by atoms with E-state index in [-0.39, 0.29) is 24.3 Å². The average Bonchev–Trinajstić information content (AvgIpc) is 3.01. The van der Waals surface area contributed by atoms with Crippen LogP contribution in [-0.2, 0) is 38.0 Å². The van der Waals surface area contributed by atoms with Gasteiger partial charge < -0.3 is 10.2 Å². The van der Waals surface area contributed by atoms with E-state index in [1.807, 2.05) is 81.4 Å². The Morgan fingerprint density at radius 2 is 1.44 bits per heavy atom. The average molecular weight is 690 g/mol. The number of nitrogens with zero attached hydrogens (tertiary/aromatic N) is 2. The molecule has 4 fully saturated rings. The zero-order valence-electron chi connectivity index (χ0n) is 28.5. The Kier molecular flexibility index (Phi) is 9.71. The van der Waals surface area contributed by atoms with E-state index in [9.17, 15) is 18.0 Å². The molecule has 0 aliphatic heterocycles. The molecule has 0 spiro atoms. The van der Waals surface area contributed by atoms with Gasteiger partial charge in [0.2, 0.25) is 21.8 Å². The highest BCUT2D eigenvalue weighted by Crippen LogP contribution is 2.60. The SMILES string of the molecule is CC(C)(C)NC(=O)C(Cc1ccccc1)N(Cc1ccccc1Cl)C(=O)CN(c1ccc(C23CC4CC(CC(C4)C2)C3)cc1)S(C)(=O)=O. The first-order chi connectivity index (χ1) is 22.7. The Morgan fingerprint density at radius 3 is 1.98 bits per heavy atom. The maximum atomic E-state index is 14.5. The molecule has 4 saturated carbocycles. The summed E-state index contributed by atoms with van der Waals surface area (Å²) < 4.78 is 27.9. The molecule has 0 radical (unpaired) electrons. The zero-order chi connectivity index (χ0) is 34.3. The Bertz CT molecular complexity index is 1700. The lowest BCUT2D eigenvalue weighted by atomic mass is 9.48. The molecule has 9 heteroatoms. The van der Waals surface area contributed by atoms with Crippen molar-refractivity contribution in [2.24, 2.45) is 17.8 Å². The molecule has 4 aliphatic rings. The molecule has 4 bridgehead atoms. The molecular formula is C39H48ClN3O4S. The maximum absolute atomic E-state index is 14.5. The summed E-state index contributed by atoms with van der Waals surface area (Å²) in [7, 11) is -3.86. The predicted octanol–water partition coefficient (Wildman–Crippen LogP) is 7.13. The van der Waals surface area contributed by atoms with Gasteiger partial charge >= 0.3 is 0 Å². The number of benzene rings is 3. The molecule has 7 rings (SSSR count). The second kappa shape index (κ2) is 13.5. The van der Waals surface area contributed by atoms with Crippen molar-refractivity contribution >= 4 is 39.1 Å². The van der Waals surface area contributed by atoms with Crippen LogP contribution in [0.5, 0.6) is 0 Å². The molecule has 1 N–H and O–H groups in total. The van der Waals surface area contributed by atoms with Crippen LogP contribution >= 0.6 is 11.6 Å². The van der Waals surface area contributed by atoms with Gasteiger partial charge in [-0.15, -0.1) is 0 Å². The molecule has 3 aromatic rings. The number of carbonyl (C=O) groups excluding carboxylic acids is 2. The van der Waals surface area contributed by atoms with E-state index in [4.69, 9.17) is 11.6 Å². The first kappa shape index (κ1) is 34.5. The minimum atomic E-state index is -3.86. The van der Waals surface area contributed by atoms with Crippen LogP contribution in [0.4, 0.5) is 5.69 Å². The number of halogens is 1. The van der Waals surface area contributed by atoms with Gasteiger partial charge in [-0.25, -0.2) is 8.42 Å². The molecule has 0 saturated heterocycles. The number of rotatable bonds is 11. The van der Waals surface area contributed by atoms with E-state index >= 15 is 0 Å². The van der Waals surface area contributed by atoms with Crippen molar-refractivity contribution in [3.8, 4) is 0 Å². The molecule has 0 heterocycles. The van der Waals surface area contributed by atoms with Gasteiger partial charge in [-0.2, -0.15) is 0 Å². The van der Waals surface area contributed by atoms with Crippen molar-refractivity contribution in [3.63, 3.8) is 0 Å². The summed E-state index contributed by atoms with van der Waals surface area (Å²) in [6, 6.07) is 23.7. The second-order valence-electron chi connectivity index (χ2n) is 15.6. The highest BCUT2D eigenvalue weighted by Gasteiger charge is 2.51. The van der Waals surface area contributed by atoms with Gasteiger partial charge in [0.15, 0.2) is 0 Å². The van der Waals surface area contributed by atoms with E-state index < -0.39 is 34.1 Å². The van der Waals surface area contributed by atoms with Gasteiger partial charge in [-0.1, -0.05) is 72.3 Å². The van der Waals surface area contributed by atoms with E-state index in [0.717, 1.165) is 29.6 Å². The first-order valence-electron chi connectivity index (χ1n) is 17.2. The van der Waals surface area contributed by atoms with E-state index in [0.29, 0.717) is 16.3 Å². The van der Waals surface area contributed by atoms with Gasteiger partial charge in [0.1, 0.15) is 12.6 Å². The van der Waals surface area contributed by atoms with Crippen molar-refractivity contribution < 1.29 is 18.0 Å². The number of sulfonamides is 1. The quantitative estimate of drug-likeness (QED) is 0.232. The summed E-state index contributed by atoms with van der Waals surface area (Å²) in [6.07, 6.45) is 9.06. The molecular weight excluding hydrogens is 642 g/mol. The van der Waals surface area contributed by atoms with Crippen LogP contribution in [0.1, 0.15) is 76.0 Å². The predicted molar refractivity (Wildman–Crippen MR) is 192 cm³/mol. The van der Waals surface area contributed by atoms with E-state index in [1.54, 1.807) is 6.07 Å². The van der Waals surface area contributed by atoms with Gasteiger partial charge in [-0.05, 0) is 117 Å².